The maximum atomic E-state index is 5.20. The summed E-state index contributed by atoms with van der Waals surface area (Å²) in [7, 11) is 1.76. The average molecular weight is 339 g/mol. The van der Waals surface area contributed by atoms with Gasteiger partial charge in [-0.25, -0.2) is 9.97 Å². The van der Waals surface area contributed by atoms with Crippen molar-refractivity contribution in [3.8, 4) is 11.4 Å². The van der Waals surface area contributed by atoms with Crippen molar-refractivity contribution in [3.63, 3.8) is 0 Å². The minimum absolute atomic E-state index is 0.801. The molecule has 0 amide bonds. The molecule has 25 heavy (non-hydrogen) atoms. The van der Waals surface area contributed by atoms with Gasteiger partial charge in [-0.15, -0.1) is 0 Å². The summed E-state index contributed by atoms with van der Waals surface area (Å²) in [6.07, 6.45) is 6.97. The number of hydrogen-bond donors (Lipinski definition) is 0. The zero-order chi connectivity index (χ0) is 17.1. The Balaban J connectivity index is 1.58. The van der Waals surface area contributed by atoms with Crippen LogP contribution in [0, 0.1) is 0 Å². The van der Waals surface area contributed by atoms with Crippen LogP contribution < -0.4 is 4.90 Å². The van der Waals surface area contributed by atoms with Gasteiger partial charge in [-0.05, 0) is 31.4 Å². The van der Waals surface area contributed by atoms with Gasteiger partial charge >= 0.3 is 0 Å². The monoisotopic (exact) mass is 339 g/mol. The van der Waals surface area contributed by atoms with Crippen molar-refractivity contribution in [3.05, 3.63) is 35.8 Å². The van der Waals surface area contributed by atoms with E-state index in [2.05, 4.69) is 14.8 Å². The number of fused-ring (bicyclic) bond motifs is 1. The fraction of sp³-hybridized carbons (Fsp3) is 0.526. The van der Waals surface area contributed by atoms with E-state index in [1.54, 1.807) is 19.5 Å². The van der Waals surface area contributed by atoms with Gasteiger partial charge in [0, 0.05) is 69.0 Å². The molecule has 0 unspecified atom stereocenters. The molecule has 1 fully saturated rings. The van der Waals surface area contributed by atoms with Crippen LogP contribution in [0.4, 0.5) is 5.82 Å². The second kappa shape index (κ2) is 7.45. The van der Waals surface area contributed by atoms with E-state index in [4.69, 9.17) is 14.7 Å². The Kier molecular flexibility index (Phi) is 4.90. The van der Waals surface area contributed by atoms with Gasteiger partial charge in [0.15, 0.2) is 5.82 Å². The molecule has 0 saturated carbocycles. The number of piperazine rings is 1. The molecule has 0 aromatic carbocycles. The molecule has 0 spiro atoms. The van der Waals surface area contributed by atoms with Crippen molar-refractivity contribution in [1.29, 1.82) is 0 Å². The van der Waals surface area contributed by atoms with Gasteiger partial charge in [-0.2, -0.15) is 0 Å². The van der Waals surface area contributed by atoms with Crippen molar-refractivity contribution in [2.24, 2.45) is 0 Å². The molecular weight excluding hydrogens is 314 g/mol. The van der Waals surface area contributed by atoms with E-state index >= 15 is 0 Å². The second-order valence-electron chi connectivity index (χ2n) is 6.71. The number of nitrogens with zero attached hydrogens (tertiary/aromatic N) is 5. The van der Waals surface area contributed by atoms with E-state index < -0.39 is 0 Å². The number of hydrogen-bond acceptors (Lipinski definition) is 6. The molecule has 1 aliphatic heterocycles. The van der Waals surface area contributed by atoms with Crippen LogP contribution in [-0.2, 0) is 17.6 Å². The third kappa shape index (κ3) is 3.50. The van der Waals surface area contributed by atoms with Crippen molar-refractivity contribution in [2.45, 2.75) is 19.3 Å². The lowest BCUT2D eigenvalue weighted by Crippen LogP contribution is -2.48. The average Bonchev–Trinajstić information content (AvgIpc) is 3.15. The van der Waals surface area contributed by atoms with Gasteiger partial charge in [0.25, 0.3) is 0 Å². The maximum absolute atomic E-state index is 5.20. The topological polar surface area (TPSA) is 54.4 Å². The zero-order valence-electron chi connectivity index (χ0n) is 14.8. The van der Waals surface area contributed by atoms with Crippen LogP contribution in [0.2, 0.25) is 0 Å². The fourth-order valence-corrected chi connectivity index (χ4v) is 3.71. The normalized spacial score (nSPS) is 17.7. The highest BCUT2D eigenvalue weighted by atomic mass is 16.5. The molecule has 0 radical (unpaired) electrons. The van der Waals surface area contributed by atoms with Crippen LogP contribution in [0.1, 0.15) is 17.7 Å². The Bertz CT molecular complexity index is 713. The number of aromatic nitrogens is 3. The molecule has 2 aromatic rings. The number of ether oxygens (including phenoxy) is 1. The molecule has 2 aliphatic rings. The van der Waals surface area contributed by atoms with E-state index in [0.717, 1.165) is 69.4 Å². The molecule has 6 nitrogen and oxygen atoms in total. The van der Waals surface area contributed by atoms with Crippen LogP contribution in [0.5, 0.6) is 0 Å². The number of anilines is 1. The van der Waals surface area contributed by atoms with Gasteiger partial charge in [0.2, 0.25) is 0 Å². The summed E-state index contributed by atoms with van der Waals surface area (Å²) >= 11 is 0. The number of rotatable bonds is 5. The predicted octanol–water partition coefficient (Wildman–Crippen LogP) is 1.80. The Hall–Kier alpha value is -2.05. The third-order valence-electron chi connectivity index (χ3n) is 5.13. The second-order valence-corrected chi connectivity index (χ2v) is 6.71. The summed E-state index contributed by atoms with van der Waals surface area (Å²) in [5.74, 6) is 1.99. The lowest BCUT2D eigenvalue weighted by Gasteiger charge is -2.36. The van der Waals surface area contributed by atoms with Gasteiger partial charge in [-0.3, -0.25) is 9.88 Å². The predicted molar refractivity (Wildman–Crippen MR) is 97.8 cm³/mol. The van der Waals surface area contributed by atoms with Gasteiger partial charge in [0.1, 0.15) is 5.82 Å². The molecule has 4 rings (SSSR count). The van der Waals surface area contributed by atoms with Crippen LogP contribution in [-0.4, -0.2) is 66.3 Å². The first-order chi connectivity index (χ1) is 12.3. The van der Waals surface area contributed by atoms with Gasteiger partial charge in [0.05, 0.1) is 6.61 Å². The first kappa shape index (κ1) is 16.4. The van der Waals surface area contributed by atoms with Crippen LogP contribution >= 0.6 is 0 Å². The summed E-state index contributed by atoms with van der Waals surface area (Å²) in [4.78, 5) is 18.8. The number of aryl methyl sites for hydroxylation is 1. The van der Waals surface area contributed by atoms with Crippen molar-refractivity contribution in [1.82, 2.24) is 19.9 Å². The summed E-state index contributed by atoms with van der Waals surface area (Å²) < 4.78 is 5.20. The number of pyridine rings is 1. The van der Waals surface area contributed by atoms with E-state index in [1.807, 2.05) is 12.1 Å². The Morgan fingerprint density at radius 2 is 1.84 bits per heavy atom. The van der Waals surface area contributed by atoms with E-state index in [1.165, 1.54) is 17.7 Å². The molecule has 3 heterocycles. The zero-order valence-corrected chi connectivity index (χ0v) is 14.8. The minimum Gasteiger partial charge on any atom is -0.383 e. The minimum atomic E-state index is 0.801. The highest BCUT2D eigenvalue weighted by Gasteiger charge is 2.25. The van der Waals surface area contributed by atoms with Crippen molar-refractivity contribution < 1.29 is 4.74 Å². The quantitative estimate of drug-likeness (QED) is 0.828. The Morgan fingerprint density at radius 3 is 2.60 bits per heavy atom. The largest absolute Gasteiger partial charge is 0.383 e. The van der Waals surface area contributed by atoms with E-state index in [9.17, 15) is 0 Å². The molecule has 0 bridgehead atoms. The van der Waals surface area contributed by atoms with Crippen molar-refractivity contribution in [2.75, 3.05) is 51.3 Å². The molecule has 132 valence electrons. The Morgan fingerprint density at radius 1 is 1.04 bits per heavy atom. The van der Waals surface area contributed by atoms with Gasteiger partial charge in [-0.1, -0.05) is 0 Å². The fourth-order valence-electron chi connectivity index (χ4n) is 3.71. The molecule has 1 saturated heterocycles. The molecule has 1 aliphatic carbocycles. The van der Waals surface area contributed by atoms with Crippen LogP contribution in [0.25, 0.3) is 11.4 Å². The molecule has 6 heteroatoms. The van der Waals surface area contributed by atoms with Gasteiger partial charge < -0.3 is 9.64 Å². The molecule has 0 atom stereocenters. The smallest absolute Gasteiger partial charge is 0.161 e. The first-order valence-electron chi connectivity index (χ1n) is 9.11. The molecule has 2 aromatic heterocycles. The summed E-state index contributed by atoms with van der Waals surface area (Å²) in [6, 6.07) is 3.98. The first-order valence-corrected chi connectivity index (χ1v) is 9.11. The molecular formula is C19H25N5O. The Labute approximate surface area is 148 Å². The van der Waals surface area contributed by atoms with Crippen LogP contribution in [0.15, 0.2) is 24.5 Å². The summed E-state index contributed by atoms with van der Waals surface area (Å²) in [6.45, 7) is 5.97. The summed E-state index contributed by atoms with van der Waals surface area (Å²) in [5, 5.41) is 0. The van der Waals surface area contributed by atoms with Crippen LogP contribution in [0.3, 0.4) is 0 Å². The molecule has 0 N–H and O–H groups in total. The lowest BCUT2D eigenvalue weighted by atomic mass is 10.2. The van der Waals surface area contributed by atoms with E-state index in [-0.39, 0.29) is 0 Å². The SMILES string of the molecule is COCCN1CCN(c2nc(-c3ccncc3)nc3c2CCC3)CC1. The van der Waals surface area contributed by atoms with Crippen molar-refractivity contribution >= 4 is 5.82 Å². The third-order valence-corrected chi connectivity index (χ3v) is 5.13. The standard InChI is InChI=1S/C19H25N5O/c1-25-14-13-23-9-11-24(12-10-23)19-16-3-2-4-17(16)21-18(22-19)15-5-7-20-8-6-15/h5-8H,2-4,9-14H2,1H3. The number of methoxy groups -OCH3 is 1. The summed E-state index contributed by atoms with van der Waals surface area (Å²) in [5.41, 5.74) is 3.64. The highest BCUT2D eigenvalue weighted by Crippen LogP contribution is 2.31. The highest BCUT2D eigenvalue weighted by molar-refractivity contribution is 5.61. The maximum Gasteiger partial charge on any atom is 0.161 e. The van der Waals surface area contributed by atoms with E-state index in [0.29, 0.717) is 0 Å². The lowest BCUT2D eigenvalue weighted by molar-refractivity contribution is 0.144.